The predicted molar refractivity (Wildman–Crippen MR) is 101 cm³/mol. The number of benzene rings is 2. The molecule has 2 fully saturated rings. The number of hydrogen-bond donors (Lipinski definition) is 2. The van der Waals surface area contributed by atoms with E-state index in [9.17, 15) is 10.2 Å². The number of fused-ring (bicyclic) bond motifs is 1. The molecule has 2 N–H and O–H groups in total. The fraction of sp³-hybridized carbons (Fsp3) is 0.478. The summed E-state index contributed by atoms with van der Waals surface area (Å²) >= 11 is 0. The lowest BCUT2D eigenvalue weighted by atomic mass is 9.53. The summed E-state index contributed by atoms with van der Waals surface area (Å²) in [5.41, 5.74) is 2.61. The van der Waals surface area contributed by atoms with Gasteiger partial charge in [0.15, 0.2) is 0 Å². The third-order valence-corrected chi connectivity index (χ3v) is 6.98. The van der Waals surface area contributed by atoms with Gasteiger partial charge in [-0.3, -0.25) is 0 Å². The largest absolute Gasteiger partial charge is 0.508 e. The first kappa shape index (κ1) is 16.5. The van der Waals surface area contributed by atoms with E-state index >= 15 is 0 Å². The van der Waals surface area contributed by atoms with Gasteiger partial charge >= 0.3 is 0 Å². The first-order valence-electron chi connectivity index (χ1n) is 9.74. The van der Waals surface area contributed by atoms with Crippen LogP contribution in [0.2, 0.25) is 0 Å². The summed E-state index contributed by atoms with van der Waals surface area (Å²) in [5.74, 6) is 2.94. The Labute approximate surface area is 150 Å². The third kappa shape index (κ3) is 2.63. The number of phenolic OH excluding ortho intramolecular Hbond substituents is 2. The van der Waals surface area contributed by atoms with E-state index in [4.69, 9.17) is 0 Å². The Bertz CT molecular complexity index is 671. The van der Waals surface area contributed by atoms with Crippen LogP contribution in [0, 0.1) is 17.8 Å². The lowest BCUT2D eigenvalue weighted by molar-refractivity contribution is 0.0997. The van der Waals surface area contributed by atoms with E-state index in [1.54, 1.807) is 0 Å². The van der Waals surface area contributed by atoms with E-state index < -0.39 is 0 Å². The van der Waals surface area contributed by atoms with Gasteiger partial charge in [-0.25, -0.2) is 0 Å². The lowest BCUT2D eigenvalue weighted by Gasteiger charge is -2.50. The van der Waals surface area contributed by atoms with Crippen LogP contribution in [0.5, 0.6) is 11.5 Å². The van der Waals surface area contributed by atoms with Gasteiger partial charge in [0.25, 0.3) is 0 Å². The minimum absolute atomic E-state index is 0.0122. The fourth-order valence-electron chi connectivity index (χ4n) is 5.97. The zero-order valence-corrected chi connectivity index (χ0v) is 15.0. The molecule has 0 aromatic heterocycles. The molecule has 2 aliphatic rings. The van der Waals surface area contributed by atoms with Gasteiger partial charge in [-0.1, -0.05) is 50.5 Å². The van der Waals surface area contributed by atoms with Crippen molar-refractivity contribution in [3.8, 4) is 11.5 Å². The van der Waals surface area contributed by atoms with Gasteiger partial charge in [-0.15, -0.1) is 0 Å². The van der Waals surface area contributed by atoms with Crippen molar-refractivity contribution in [2.75, 3.05) is 0 Å². The molecule has 0 radical (unpaired) electrons. The van der Waals surface area contributed by atoms with Gasteiger partial charge in [-0.05, 0) is 72.4 Å². The topological polar surface area (TPSA) is 40.5 Å². The smallest absolute Gasteiger partial charge is 0.115 e. The highest BCUT2D eigenvalue weighted by atomic mass is 16.3. The Morgan fingerprint density at radius 1 is 0.840 bits per heavy atom. The average molecular weight is 336 g/mol. The zero-order valence-electron chi connectivity index (χ0n) is 15.0. The van der Waals surface area contributed by atoms with E-state index in [-0.39, 0.29) is 5.41 Å². The predicted octanol–water partition coefficient (Wildman–Crippen LogP) is 5.62. The molecule has 0 aliphatic heterocycles. The summed E-state index contributed by atoms with van der Waals surface area (Å²) in [6, 6.07) is 15.7. The SMILES string of the molecule is CCC1C2CCCC2CCC1(c1ccc(O)cc1)c1ccc(O)cc1. The molecule has 3 atom stereocenters. The Morgan fingerprint density at radius 2 is 1.40 bits per heavy atom. The molecule has 2 saturated carbocycles. The maximum Gasteiger partial charge on any atom is 0.115 e. The second kappa shape index (κ2) is 6.40. The van der Waals surface area contributed by atoms with Gasteiger partial charge in [0.2, 0.25) is 0 Å². The normalized spacial score (nSPS) is 27.8. The summed E-state index contributed by atoms with van der Waals surface area (Å²) in [5, 5.41) is 19.6. The van der Waals surface area contributed by atoms with Gasteiger partial charge in [0.05, 0.1) is 0 Å². The van der Waals surface area contributed by atoms with Crippen molar-refractivity contribution in [2.45, 2.75) is 50.9 Å². The Morgan fingerprint density at radius 3 is 1.92 bits per heavy atom. The minimum Gasteiger partial charge on any atom is -0.508 e. The van der Waals surface area contributed by atoms with Gasteiger partial charge in [0, 0.05) is 5.41 Å². The van der Waals surface area contributed by atoms with Crippen molar-refractivity contribution in [3.63, 3.8) is 0 Å². The highest BCUT2D eigenvalue weighted by Crippen LogP contribution is 2.58. The van der Waals surface area contributed by atoms with Crippen molar-refractivity contribution >= 4 is 0 Å². The van der Waals surface area contributed by atoms with Crippen molar-refractivity contribution in [2.24, 2.45) is 17.8 Å². The van der Waals surface area contributed by atoms with E-state index in [0.717, 1.165) is 18.3 Å². The van der Waals surface area contributed by atoms with E-state index in [1.165, 1.54) is 43.2 Å². The van der Waals surface area contributed by atoms with Crippen LogP contribution in [0.4, 0.5) is 0 Å². The molecule has 0 bridgehead atoms. The molecule has 2 heteroatoms. The first-order valence-corrected chi connectivity index (χ1v) is 9.74. The number of hydrogen-bond acceptors (Lipinski definition) is 2. The highest BCUT2D eigenvalue weighted by Gasteiger charge is 2.51. The van der Waals surface area contributed by atoms with Crippen LogP contribution in [0.15, 0.2) is 48.5 Å². The van der Waals surface area contributed by atoms with Crippen molar-refractivity contribution in [1.82, 2.24) is 0 Å². The van der Waals surface area contributed by atoms with Gasteiger partial charge in [0.1, 0.15) is 11.5 Å². The van der Waals surface area contributed by atoms with Gasteiger partial charge < -0.3 is 10.2 Å². The standard InChI is InChI=1S/C23H28O2/c1-2-22-21-5-3-4-16(21)14-15-23(22,17-6-10-19(24)11-7-17)18-8-12-20(25)13-9-18/h6-13,16,21-22,24-25H,2-5,14-15H2,1H3. The molecule has 0 amide bonds. The van der Waals surface area contributed by atoms with Crippen LogP contribution in [-0.4, -0.2) is 10.2 Å². The maximum absolute atomic E-state index is 9.79. The van der Waals surface area contributed by atoms with Crippen molar-refractivity contribution in [1.29, 1.82) is 0 Å². The monoisotopic (exact) mass is 336 g/mol. The lowest BCUT2D eigenvalue weighted by Crippen LogP contribution is -2.45. The highest BCUT2D eigenvalue weighted by molar-refractivity contribution is 5.44. The molecule has 25 heavy (non-hydrogen) atoms. The van der Waals surface area contributed by atoms with Crippen LogP contribution in [0.3, 0.4) is 0 Å². The Balaban J connectivity index is 1.88. The van der Waals surface area contributed by atoms with Crippen LogP contribution < -0.4 is 0 Å². The van der Waals surface area contributed by atoms with Crippen LogP contribution in [-0.2, 0) is 5.41 Å². The molecule has 2 aliphatic carbocycles. The summed E-state index contributed by atoms with van der Waals surface area (Å²) in [7, 11) is 0. The maximum atomic E-state index is 9.79. The van der Waals surface area contributed by atoms with Gasteiger partial charge in [-0.2, -0.15) is 0 Å². The summed E-state index contributed by atoms with van der Waals surface area (Å²) < 4.78 is 0. The fourth-order valence-corrected chi connectivity index (χ4v) is 5.97. The number of rotatable bonds is 3. The second-order valence-corrected chi connectivity index (χ2v) is 7.97. The molecule has 2 aromatic rings. The summed E-state index contributed by atoms with van der Waals surface area (Å²) in [6.07, 6.45) is 7.71. The molecule has 3 unspecified atom stereocenters. The Hall–Kier alpha value is -1.96. The quantitative estimate of drug-likeness (QED) is 0.763. The van der Waals surface area contributed by atoms with E-state index in [1.807, 2.05) is 24.3 Å². The van der Waals surface area contributed by atoms with Crippen LogP contribution in [0.25, 0.3) is 0 Å². The molecule has 0 heterocycles. The van der Waals surface area contributed by atoms with E-state index in [2.05, 4.69) is 31.2 Å². The number of phenols is 2. The average Bonchev–Trinajstić information content (AvgIpc) is 3.10. The number of aromatic hydroxyl groups is 2. The molecular formula is C23H28O2. The second-order valence-electron chi connectivity index (χ2n) is 7.97. The van der Waals surface area contributed by atoms with Crippen LogP contribution >= 0.6 is 0 Å². The molecule has 0 saturated heterocycles. The summed E-state index contributed by atoms with van der Waals surface area (Å²) in [6.45, 7) is 2.33. The molecule has 2 aromatic carbocycles. The molecular weight excluding hydrogens is 308 g/mol. The van der Waals surface area contributed by atoms with Crippen LogP contribution in [0.1, 0.15) is 56.6 Å². The molecule has 132 valence electrons. The first-order chi connectivity index (χ1) is 12.1. The molecule has 4 rings (SSSR count). The third-order valence-electron chi connectivity index (χ3n) is 6.98. The van der Waals surface area contributed by atoms with Crippen molar-refractivity contribution < 1.29 is 10.2 Å². The summed E-state index contributed by atoms with van der Waals surface area (Å²) in [4.78, 5) is 0. The zero-order chi connectivity index (χ0) is 17.4. The Kier molecular flexibility index (Phi) is 4.23. The molecule has 2 nitrogen and oxygen atoms in total. The van der Waals surface area contributed by atoms with Crippen molar-refractivity contribution in [3.05, 3.63) is 59.7 Å². The van der Waals surface area contributed by atoms with E-state index in [0.29, 0.717) is 17.4 Å². The molecule has 0 spiro atoms. The minimum atomic E-state index is -0.0122.